The van der Waals surface area contributed by atoms with Gasteiger partial charge in [-0.25, -0.2) is 0 Å². The molecule has 0 aromatic heterocycles. The number of aryl methyl sites for hydroxylation is 1. The molecule has 0 bridgehead atoms. The molecule has 6 heteroatoms. The minimum atomic E-state index is -4.26. The Labute approximate surface area is 129 Å². The quantitative estimate of drug-likeness (QED) is 0.921. The second-order valence-corrected chi connectivity index (χ2v) is 5.62. The number of halogens is 4. The predicted molar refractivity (Wildman–Crippen MR) is 80.5 cm³/mol. The van der Waals surface area contributed by atoms with Crippen molar-refractivity contribution in [2.24, 2.45) is 11.7 Å². The topological polar surface area (TPSA) is 29.3 Å². The summed E-state index contributed by atoms with van der Waals surface area (Å²) in [4.78, 5) is 2.29. The Morgan fingerprint density at radius 3 is 2.62 bits per heavy atom. The molecule has 1 heterocycles. The van der Waals surface area contributed by atoms with Crippen LogP contribution in [0.2, 0.25) is 0 Å². The largest absolute Gasteiger partial charge is 0.416 e. The number of piperidine rings is 1. The van der Waals surface area contributed by atoms with Gasteiger partial charge in [-0.2, -0.15) is 13.2 Å². The number of alkyl halides is 3. The predicted octanol–water partition coefficient (Wildman–Crippen LogP) is 3.61. The average molecular weight is 323 g/mol. The molecule has 1 fully saturated rings. The highest BCUT2D eigenvalue weighted by Gasteiger charge is 2.30. The zero-order valence-electron chi connectivity index (χ0n) is 12.1. The van der Waals surface area contributed by atoms with Crippen LogP contribution < -0.4 is 5.73 Å². The van der Waals surface area contributed by atoms with Crippen molar-refractivity contribution in [3.8, 4) is 0 Å². The first kappa shape index (κ1) is 18.3. The van der Waals surface area contributed by atoms with Crippen LogP contribution in [0, 0.1) is 12.8 Å². The van der Waals surface area contributed by atoms with Gasteiger partial charge in [0.15, 0.2) is 0 Å². The van der Waals surface area contributed by atoms with Crippen LogP contribution in [0.5, 0.6) is 0 Å². The highest BCUT2D eigenvalue weighted by Crippen LogP contribution is 2.31. The second kappa shape index (κ2) is 7.47. The van der Waals surface area contributed by atoms with Gasteiger partial charge in [0.05, 0.1) is 5.56 Å². The maximum Gasteiger partial charge on any atom is 0.416 e. The fraction of sp³-hybridized carbons (Fsp3) is 0.600. The lowest BCUT2D eigenvalue weighted by Gasteiger charge is -2.32. The van der Waals surface area contributed by atoms with Crippen molar-refractivity contribution in [1.29, 1.82) is 0 Å². The van der Waals surface area contributed by atoms with Crippen LogP contribution in [0.3, 0.4) is 0 Å². The van der Waals surface area contributed by atoms with Crippen LogP contribution in [0.4, 0.5) is 13.2 Å². The highest BCUT2D eigenvalue weighted by atomic mass is 35.5. The molecule has 0 saturated carbocycles. The van der Waals surface area contributed by atoms with E-state index in [9.17, 15) is 13.2 Å². The molecule has 0 spiro atoms. The van der Waals surface area contributed by atoms with Gasteiger partial charge < -0.3 is 5.73 Å². The molecule has 120 valence electrons. The standard InChI is InChI=1S/C15H21F3N2.ClH/c1-11-7-14(15(16,17)18)5-4-13(11)10-20-6-2-3-12(8-19)9-20;/h4-5,7,12H,2-3,6,8-10,19H2,1H3;1H. The number of likely N-dealkylation sites (tertiary alicyclic amines) is 1. The van der Waals surface area contributed by atoms with Crippen molar-refractivity contribution < 1.29 is 13.2 Å². The molecule has 2 nitrogen and oxygen atoms in total. The summed E-state index contributed by atoms with van der Waals surface area (Å²) >= 11 is 0. The van der Waals surface area contributed by atoms with Gasteiger partial charge in [-0.15, -0.1) is 12.4 Å². The van der Waals surface area contributed by atoms with Crippen molar-refractivity contribution in [3.05, 3.63) is 34.9 Å². The van der Waals surface area contributed by atoms with E-state index < -0.39 is 11.7 Å². The Kier molecular flexibility index (Phi) is 6.50. The van der Waals surface area contributed by atoms with Crippen LogP contribution in [0.15, 0.2) is 18.2 Å². The fourth-order valence-electron chi connectivity index (χ4n) is 2.78. The summed E-state index contributed by atoms with van der Waals surface area (Å²) in [5.74, 6) is 0.513. The molecule has 1 aromatic rings. The Morgan fingerprint density at radius 1 is 1.33 bits per heavy atom. The maximum atomic E-state index is 12.6. The van der Waals surface area contributed by atoms with E-state index in [1.165, 1.54) is 12.1 Å². The first-order chi connectivity index (χ1) is 9.40. The van der Waals surface area contributed by atoms with Crippen LogP contribution in [-0.2, 0) is 12.7 Å². The van der Waals surface area contributed by atoms with E-state index in [1.807, 2.05) is 0 Å². The summed E-state index contributed by atoms with van der Waals surface area (Å²) in [6.07, 6.45) is -2.00. The van der Waals surface area contributed by atoms with E-state index in [0.717, 1.165) is 31.5 Å². The molecule has 1 saturated heterocycles. The summed E-state index contributed by atoms with van der Waals surface area (Å²) in [7, 11) is 0. The first-order valence-corrected chi connectivity index (χ1v) is 6.99. The third kappa shape index (κ3) is 4.87. The molecule has 0 aliphatic carbocycles. The van der Waals surface area contributed by atoms with E-state index in [4.69, 9.17) is 5.73 Å². The van der Waals surface area contributed by atoms with Gasteiger partial charge in [-0.1, -0.05) is 6.07 Å². The van der Waals surface area contributed by atoms with Gasteiger partial charge >= 0.3 is 6.18 Å². The number of hydrogen-bond donors (Lipinski definition) is 1. The monoisotopic (exact) mass is 322 g/mol. The fourth-order valence-corrected chi connectivity index (χ4v) is 2.78. The van der Waals surface area contributed by atoms with Crippen molar-refractivity contribution >= 4 is 12.4 Å². The van der Waals surface area contributed by atoms with Crippen molar-refractivity contribution in [3.63, 3.8) is 0 Å². The highest BCUT2D eigenvalue weighted by molar-refractivity contribution is 5.85. The Balaban J connectivity index is 0.00000220. The Morgan fingerprint density at radius 2 is 2.05 bits per heavy atom. The lowest BCUT2D eigenvalue weighted by atomic mass is 9.97. The van der Waals surface area contributed by atoms with E-state index in [-0.39, 0.29) is 12.4 Å². The molecule has 2 N–H and O–H groups in total. The molecule has 1 unspecified atom stereocenters. The van der Waals surface area contributed by atoms with Crippen LogP contribution >= 0.6 is 12.4 Å². The van der Waals surface area contributed by atoms with Gasteiger partial charge in [-0.3, -0.25) is 4.90 Å². The lowest BCUT2D eigenvalue weighted by molar-refractivity contribution is -0.137. The number of nitrogens with zero attached hydrogens (tertiary/aromatic N) is 1. The van der Waals surface area contributed by atoms with E-state index in [0.29, 0.717) is 24.6 Å². The number of nitrogens with two attached hydrogens (primary N) is 1. The first-order valence-electron chi connectivity index (χ1n) is 6.99. The normalized spacial score (nSPS) is 20.1. The minimum Gasteiger partial charge on any atom is -0.330 e. The summed E-state index contributed by atoms with van der Waals surface area (Å²) in [6.45, 7) is 5.08. The number of hydrogen-bond acceptors (Lipinski definition) is 2. The van der Waals surface area contributed by atoms with Crippen LogP contribution in [0.1, 0.15) is 29.5 Å². The molecule has 0 amide bonds. The molecule has 1 atom stereocenters. The zero-order valence-corrected chi connectivity index (χ0v) is 12.9. The average Bonchev–Trinajstić information content (AvgIpc) is 2.40. The van der Waals surface area contributed by atoms with Gasteiger partial charge in [0.25, 0.3) is 0 Å². The maximum absolute atomic E-state index is 12.6. The van der Waals surface area contributed by atoms with E-state index in [2.05, 4.69) is 4.90 Å². The van der Waals surface area contributed by atoms with Crippen molar-refractivity contribution in [1.82, 2.24) is 4.90 Å². The summed E-state index contributed by atoms with van der Waals surface area (Å²) < 4.78 is 37.9. The Hall–Kier alpha value is -0.780. The van der Waals surface area contributed by atoms with Crippen LogP contribution in [0.25, 0.3) is 0 Å². The number of benzene rings is 1. The molecule has 21 heavy (non-hydrogen) atoms. The second-order valence-electron chi connectivity index (χ2n) is 5.62. The SMILES string of the molecule is Cc1cc(C(F)(F)F)ccc1CN1CCCC(CN)C1.Cl. The van der Waals surface area contributed by atoms with Crippen molar-refractivity contribution in [2.75, 3.05) is 19.6 Å². The molecule has 0 radical (unpaired) electrons. The molecule has 1 aromatic carbocycles. The molecule has 2 rings (SSSR count). The lowest BCUT2D eigenvalue weighted by Crippen LogP contribution is -2.38. The van der Waals surface area contributed by atoms with Gasteiger partial charge in [0, 0.05) is 13.1 Å². The molecular formula is C15H22ClF3N2. The van der Waals surface area contributed by atoms with Gasteiger partial charge in [0.1, 0.15) is 0 Å². The molecule has 1 aliphatic rings. The zero-order chi connectivity index (χ0) is 14.8. The minimum absolute atomic E-state index is 0. The van der Waals surface area contributed by atoms with E-state index in [1.54, 1.807) is 13.0 Å². The van der Waals surface area contributed by atoms with Crippen LogP contribution in [-0.4, -0.2) is 24.5 Å². The molecule has 1 aliphatic heterocycles. The summed E-state index contributed by atoms with van der Waals surface area (Å²) in [6, 6.07) is 4.01. The summed E-state index contributed by atoms with van der Waals surface area (Å²) in [5.41, 5.74) is 6.80. The Bertz CT molecular complexity index is 463. The summed E-state index contributed by atoms with van der Waals surface area (Å²) in [5, 5.41) is 0. The van der Waals surface area contributed by atoms with Gasteiger partial charge in [0.2, 0.25) is 0 Å². The van der Waals surface area contributed by atoms with Gasteiger partial charge in [-0.05, 0) is 62.0 Å². The smallest absolute Gasteiger partial charge is 0.330 e. The number of rotatable bonds is 3. The third-order valence-corrected chi connectivity index (χ3v) is 4.00. The molecular weight excluding hydrogens is 301 g/mol. The van der Waals surface area contributed by atoms with E-state index >= 15 is 0 Å². The van der Waals surface area contributed by atoms with Crippen molar-refractivity contribution in [2.45, 2.75) is 32.5 Å². The third-order valence-electron chi connectivity index (χ3n) is 4.00.